The van der Waals surface area contributed by atoms with Gasteiger partial charge in [-0.25, -0.2) is 4.79 Å². The van der Waals surface area contributed by atoms with Crippen molar-refractivity contribution >= 4 is 17.4 Å². The van der Waals surface area contributed by atoms with E-state index in [1.165, 1.54) is 12.0 Å². The summed E-state index contributed by atoms with van der Waals surface area (Å²) in [6, 6.07) is 9.32. The van der Waals surface area contributed by atoms with Gasteiger partial charge in [0.05, 0.1) is 18.2 Å². The Morgan fingerprint density at radius 1 is 1.19 bits per heavy atom. The largest absolute Gasteiger partial charge is 0.491 e. The first-order valence-electron chi connectivity index (χ1n) is 9.02. The van der Waals surface area contributed by atoms with Crippen LogP contribution >= 0.6 is 0 Å². The molecule has 0 saturated heterocycles. The van der Waals surface area contributed by atoms with Crippen molar-refractivity contribution < 1.29 is 23.8 Å². The Bertz CT molecular complexity index is 733. The first kappa shape index (κ1) is 21.0. The Labute approximate surface area is 161 Å². The molecule has 1 aromatic rings. The Morgan fingerprint density at radius 2 is 1.78 bits per heavy atom. The number of rotatable bonds is 6. The van der Waals surface area contributed by atoms with Gasteiger partial charge >= 0.3 is 6.09 Å². The number of amides is 1. The highest BCUT2D eigenvalue weighted by Gasteiger charge is 2.58. The summed E-state index contributed by atoms with van der Waals surface area (Å²) in [5.41, 5.74) is -0.701. The number of carbonyl (C=O) groups is 2. The number of benzene rings is 1. The summed E-state index contributed by atoms with van der Waals surface area (Å²) in [5.74, 6) is 0.244. The molecule has 1 unspecified atom stereocenters. The molecule has 1 aliphatic carbocycles. The van der Waals surface area contributed by atoms with Crippen LogP contribution in [0, 0.1) is 0 Å². The normalized spacial score (nSPS) is 19.8. The number of methoxy groups -OCH3 is 1. The molecule has 0 radical (unpaired) electrons. The molecule has 0 heterocycles. The fourth-order valence-corrected chi connectivity index (χ4v) is 2.94. The average Bonchev–Trinajstić information content (AvgIpc) is 2.58. The van der Waals surface area contributed by atoms with Gasteiger partial charge in [-0.05, 0) is 40.2 Å². The molecule has 148 valence electrons. The van der Waals surface area contributed by atoms with Gasteiger partial charge in [-0.15, -0.1) is 0 Å². The van der Waals surface area contributed by atoms with Gasteiger partial charge in [0.2, 0.25) is 11.4 Å². The summed E-state index contributed by atoms with van der Waals surface area (Å²) in [6.07, 6.45) is -0.669. The van der Waals surface area contributed by atoms with Gasteiger partial charge in [0.25, 0.3) is 0 Å². The standard InChI is InChI=1S/C21H29NO5/c1-14(2)26-18-16(15-11-9-8-10-12-15)17(23)21(18,25-7)13-22(6)19(24)27-20(3,4)5/h8-12,14H,13H2,1-7H3. The first-order chi connectivity index (χ1) is 12.5. The van der Waals surface area contributed by atoms with Gasteiger partial charge in [-0.1, -0.05) is 30.3 Å². The topological polar surface area (TPSA) is 65.1 Å². The number of likely N-dealkylation sites (N-methyl/N-ethyl adjacent to an activating group) is 1. The fraction of sp³-hybridized carbons (Fsp3) is 0.524. The number of nitrogens with zero attached hydrogens (tertiary/aromatic N) is 1. The van der Waals surface area contributed by atoms with Crippen molar-refractivity contribution in [2.45, 2.75) is 51.9 Å². The molecule has 0 aromatic heterocycles. The molecule has 0 fully saturated rings. The second-order valence-electron chi connectivity index (χ2n) is 7.93. The van der Waals surface area contributed by atoms with Crippen LogP contribution in [-0.2, 0) is 19.0 Å². The minimum atomic E-state index is -1.33. The maximum absolute atomic E-state index is 13.1. The van der Waals surface area contributed by atoms with E-state index in [-0.39, 0.29) is 18.4 Å². The molecule has 1 aliphatic rings. The number of carbonyl (C=O) groups excluding carboxylic acids is 2. The highest BCUT2D eigenvalue weighted by molar-refractivity contribution is 6.34. The van der Waals surface area contributed by atoms with Crippen LogP contribution in [0.2, 0.25) is 0 Å². The zero-order chi connectivity index (χ0) is 20.4. The van der Waals surface area contributed by atoms with Gasteiger partial charge in [-0.3, -0.25) is 4.79 Å². The van der Waals surface area contributed by atoms with Crippen LogP contribution in [0.5, 0.6) is 0 Å². The van der Waals surface area contributed by atoms with Crippen molar-refractivity contribution in [2.24, 2.45) is 0 Å². The smallest absolute Gasteiger partial charge is 0.410 e. The molecular formula is C21H29NO5. The van der Waals surface area contributed by atoms with Crippen molar-refractivity contribution in [1.29, 1.82) is 0 Å². The Hall–Kier alpha value is -2.34. The van der Waals surface area contributed by atoms with E-state index >= 15 is 0 Å². The first-order valence-corrected chi connectivity index (χ1v) is 9.02. The number of ether oxygens (including phenoxy) is 3. The van der Waals surface area contributed by atoms with E-state index in [0.29, 0.717) is 11.3 Å². The number of Topliss-reactive ketones (excluding diaryl/α,β-unsaturated/α-hetero) is 1. The maximum atomic E-state index is 13.1. The zero-order valence-electron chi connectivity index (χ0n) is 17.2. The molecule has 1 atom stereocenters. The quantitative estimate of drug-likeness (QED) is 0.759. The molecule has 0 bridgehead atoms. The highest BCUT2D eigenvalue weighted by atomic mass is 16.6. The van der Waals surface area contributed by atoms with Crippen molar-refractivity contribution in [1.82, 2.24) is 4.90 Å². The lowest BCUT2D eigenvalue weighted by molar-refractivity contribution is -0.143. The molecule has 0 saturated carbocycles. The van der Waals surface area contributed by atoms with Crippen LogP contribution in [0.3, 0.4) is 0 Å². The van der Waals surface area contributed by atoms with Crippen LogP contribution < -0.4 is 0 Å². The van der Waals surface area contributed by atoms with Gasteiger partial charge in [0.15, 0.2) is 0 Å². The third-order valence-electron chi connectivity index (χ3n) is 4.12. The van der Waals surface area contributed by atoms with E-state index in [1.54, 1.807) is 27.8 Å². The van der Waals surface area contributed by atoms with E-state index in [0.717, 1.165) is 5.56 Å². The number of hydrogen-bond acceptors (Lipinski definition) is 5. The molecule has 0 spiro atoms. The minimum absolute atomic E-state index is 0.00956. The molecule has 0 N–H and O–H groups in total. The van der Waals surface area contributed by atoms with E-state index in [1.807, 2.05) is 44.2 Å². The summed E-state index contributed by atoms with van der Waals surface area (Å²) in [5, 5.41) is 0. The van der Waals surface area contributed by atoms with Gasteiger partial charge in [-0.2, -0.15) is 0 Å². The van der Waals surface area contributed by atoms with Crippen molar-refractivity contribution in [3.05, 3.63) is 41.7 Å². The van der Waals surface area contributed by atoms with E-state index in [9.17, 15) is 9.59 Å². The molecule has 0 aliphatic heterocycles. The minimum Gasteiger partial charge on any atom is -0.491 e. The van der Waals surface area contributed by atoms with Crippen LogP contribution in [-0.4, -0.2) is 54.8 Å². The molecule has 27 heavy (non-hydrogen) atoms. The summed E-state index contributed by atoms with van der Waals surface area (Å²) in [7, 11) is 3.03. The van der Waals surface area contributed by atoms with E-state index < -0.39 is 17.3 Å². The summed E-state index contributed by atoms with van der Waals surface area (Å²) in [4.78, 5) is 26.8. The van der Waals surface area contributed by atoms with E-state index in [2.05, 4.69) is 0 Å². The summed E-state index contributed by atoms with van der Waals surface area (Å²) >= 11 is 0. The monoisotopic (exact) mass is 375 g/mol. The van der Waals surface area contributed by atoms with Crippen LogP contribution in [0.15, 0.2) is 36.1 Å². The molecule has 1 amide bonds. The molecular weight excluding hydrogens is 346 g/mol. The third-order valence-corrected chi connectivity index (χ3v) is 4.12. The molecule has 6 heteroatoms. The molecule has 2 rings (SSSR count). The Balaban J connectivity index is 2.38. The lowest BCUT2D eigenvalue weighted by Crippen LogP contribution is -2.60. The summed E-state index contributed by atoms with van der Waals surface area (Å²) < 4.78 is 17.0. The number of hydrogen-bond donors (Lipinski definition) is 0. The van der Waals surface area contributed by atoms with Gasteiger partial charge in [0, 0.05) is 14.2 Å². The van der Waals surface area contributed by atoms with Crippen LogP contribution in [0.4, 0.5) is 4.79 Å². The Morgan fingerprint density at radius 3 is 2.26 bits per heavy atom. The van der Waals surface area contributed by atoms with Crippen molar-refractivity contribution in [3.63, 3.8) is 0 Å². The summed E-state index contributed by atoms with van der Waals surface area (Å²) in [6.45, 7) is 9.16. The van der Waals surface area contributed by atoms with Crippen molar-refractivity contribution in [2.75, 3.05) is 20.7 Å². The predicted octanol–water partition coefficient (Wildman–Crippen LogP) is 3.66. The second kappa shape index (κ2) is 7.72. The fourth-order valence-electron chi connectivity index (χ4n) is 2.94. The molecule has 6 nitrogen and oxygen atoms in total. The highest BCUT2D eigenvalue weighted by Crippen LogP contribution is 2.45. The van der Waals surface area contributed by atoms with Crippen molar-refractivity contribution in [3.8, 4) is 0 Å². The molecule has 1 aromatic carbocycles. The van der Waals surface area contributed by atoms with Crippen LogP contribution in [0.1, 0.15) is 40.2 Å². The van der Waals surface area contributed by atoms with Gasteiger partial charge < -0.3 is 19.1 Å². The SMILES string of the molecule is COC1(CN(C)C(=O)OC(C)(C)C)C(=O)C(c2ccccc2)=C1OC(C)C. The van der Waals surface area contributed by atoms with Crippen LogP contribution in [0.25, 0.3) is 5.57 Å². The second-order valence-corrected chi connectivity index (χ2v) is 7.93. The average molecular weight is 375 g/mol. The lowest BCUT2D eigenvalue weighted by Gasteiger charge is -2.44. The van der Waals surface area contributed by atoms with Gasteiger partial charge in [0.1, 0.15) is 11.4 Å². The number of ketones is 1. The lowest BCUT2D eigenvalue weighted by atomic mass is 9.74. The third kappa shape index (κ3) is 4.33. The zero-order valence-corrected chi connectivity index (χ0v) is 17.2. The Kier molecular flexibility index (Phi) is 6.00. The van der Waals surface area contributed by atoms with E-state index in [4.69, 9.17) is 14.2 Å². The predicted molar refractivity (Wildman–Crippen MR) is 103 cm³/mol. The maximum Gasteiger partial charge on any atom is 0.410 e.